The molecule has 0 amide bonds. The molecular formula is C37H50O10. The van der Waals surface area contributed by atoms with Crippen molar-refractivity contribution in [3.63, 3.8) is 0 Å². The van der Waals surface area contributed by atoms with Crippen molar-refractivity contribution in [2.75, 3.05) is 20.3 Å². The number of cyclic esters (lactones) is 1. The molecule has 0 radical (unpaired) electrons. The number of rotatable bonds is 6. The molecule has 10 nitrogen and oxygen atoms in total. The van der Waals surface area contributed by atoms with E-state index in [1.165, 1.54) is 0 Å². The number of hydrogen-bond acceptors (Lipinski definition) is 10. The Balaban J connectivity index is 1.55. The molecule has 0 bridgehead atoms. The van der Waals surface area contributed by atoms with E-state index in [4.69, 9.17) is 28.4 Å². The van der Waals surface area contributed by atoms with E-state index in [-0.39, 0.29) is 43.4 Å². The average molecular weight is 655 g/mol. The maximum Gasteiger partial charge on any atom is 0.334 e. The number of carbonyl (C=O) groups excluding carboxylic acids is 3. The number of fused-ring (bicyclic) bond motifs is 4. The standard InChI is InChI=1S/C37H50O10/c1-10-18(3)32(39)46-26-16-25(38)36(7)24-15-27(42-9)45-23-14-22(21-12-13-43-34(21)41)20(5)28(23)37(24,8)31(47-33(40)19(4)11-2)29-30(36)35(26,6)17-44-29/h10-12,22-27,29-31,38H,13-17H2,1-9H3/b18-10+,19-11+/t22-,23-,24+,25-,26+,27+,29+,30-,31+,35+,36-,37+/m0/s1. The predicted octanol–water partition coefficient (Wildman–Crippen LogP) is 4.75. The van der Waals surface area contributed by atoms with E-state index in [9.17, 15) is 19.5 Å². The zero-order valence-corrected chi connectivity index (χ0v) is 29.1. The lowest BCUT2D eigenvalue weighted by Gasteiger charge is -2.66. The molecule has 0 spiro atoms. The second-order valence-corrected chi connectivity index (χ2v) is 15.0. The van der Waals surface area contributed by atoms with Gasteiger partial charge in [-0.1, -0.05) is 38.5 Å². The van der Waals surface area contributed by atoms with Crippen LogP contribution in [0.1, 0.15) is 74.7 Å². The zero-order chi connectivity index (χ0) is 34.2. The van der Waals surface area contributed by atoms with Crippen LogP contribution < -0.4 is 0 Å². The topological polar surface area (TPSA) is 127 Å². The summed E-state index contributed by atoms with van der Waals surface area (Å²) in [6.45, 7) is 15.9. The molecule has 0 aromatic heterocycles. The summed E-state index contributed by atoms with van der Waals surface area (Å²) in [5, 5.41) is 12.3. The van der Waals surface area contributed by atoms with Gasteiger partial charge in [-0.05, 0) is 58.6 Å². The van der Waals surface area contributed by atoms with Crippen LogP contribution in [0.5, 0.6) is 0 Å². The van der Waals surface area contributed by atoms with Gasteiger partial charge >= 0.3 is 17.9 Å². The van der Waals surface area contributed by atoms with E-state index in [0.717, 1.165) is 11.1 Å². The number of allylic oxidation sites excluding steroid dienone is 3. The lowest BCUT2D eigenvalue weighted by Crippen LogP contribution is -2.72. The molecule has 10 heteroatoms. The SMILES string of the molecule is C/C=C(\C)C(=O)O[C@@H]1[C@@H]2OC[C@]3(C)[C@H](OC(=O)/C(C)=C/C)C[C@H](O)[C@@](C)([C@@H]23)[C@H]2C[C@H](OC)O[C@H]3C[C@H](C4=CCOC4=O)C(C)=C3[C@]12C. The molecule has 12 atom stereocenters. The smallest absolute Gasteiger partial charge is 0.334 e. The van der Waals surface area contributed by atoms with Gasteiger partial charge in [-0.25, -0.2) is 14.4 Å². The Morgan fingerprint density at radius 2 is 1.68 bits per heavy atom. The molecule has 0 aromatic rings. The van der Waals surface area contributed by atoms with Crippen LogP contribution in [0.2, 0.25) is 0 Å². The monoisotopic (exact) mass is 654 g/mol. The summed E-state index contributed by atoms with van der Waals surface area (Å²) in [4.78, 5) is 39.6. The predicted molar refractivity (Wildman–Crippen MR) is 170 cm³/mol. The van der Waals surface area contributed by atoms with E-state index in [1.807, 2.05) is 13.0 Å². The summed E-state index contributed by atoms with van der Waals surface area (Å²) >= 11 is 0. The number of ether oxygens (including phenoxy) is 6. The summed E-state index contributed by atoms with van der Waals surface area (Å²) in [7, 11) is 1.62. The van der Waals surface area contributed by atoms with Crippen molar-refractivity contribution < 1.29 is 47.9 Å². The summed E-state index contributed by atoms with van der Waals surface area (Å²) in [5.41, 5.74) is 1.18. The van der Waals surface area contributed by atoms with E-state index >= 15 is 0 Å². The van der Waals surface area contributed by atoms with Gasteiger partial charge in [0, 0.05) is 64.8 Å². The highest BCUT2D eigenvalue weighted by Gasteiger charge is 2.77. The van der Waals surface area contributed by atoms with Crippen molar-refractivity contribution in [3.8, 4) is 0 Å². The van der Waals surface area contributed by atoms with Crippen molar-refractivity contribution in [3.05, 3.63) is 46.1 Å². The van der Waals surface area contributed by atoms with Gasteiger partial charge in [0.25, 0.3) is 0 Å². The van der Waals surface area contributed by atoms with Gasteiger partial charge in [0.1, 0.15) is 18.8 Å². The largest absolute Gasteiger partial charge is 0.458 e. The van der Waals surface area contributed by atoms with Gasteiger partial charge in [-0.2, -0.15) is 0 Å². The fourth-order valence-electron chi connectivity index (χ4n) is 10.3. The maximum absolute atomic E-state index is 13.7. The third-order valence-corrected chi connectivity index (χ3v) is 13.0. The second kappa shape index (κ2) is 12.0. The van der Waals surface area contributed by atoms with Crippen molar-refractivity contribution >= 4 is 17.9 Å². The number of hydrogen-bond donors (Lipinski definition) is 1. The van der Waals surface area contributed by atoms with Crippen LogP contribution in [0, 0.1) is 34.0 Å². The molecule has 6 aliphatic rings. The molecule has 258 valence electrons. The molecule has 4 fully saturated rings. The molecule has 2 saturated heterocycles. The van der Waals surface area contributed by atoms with E-state index in [1.54, 1.807) is 47.0 Å². The molecule has 3 heterocycles. The van der Waals surface area contributed by atoms with Gasteiger partial charge in [-0.15, -0.1) is 0 Å². The number of aliphatic hydroxyl groups is 1. The van der Waals surface area contributed by atoms with Gasteiger partial charge in [0.2, 0.25) is 0 Å². The number of methoxy groups -OCH3 is 1. The highest BCUT2D eigenvalue weighted by molar-refractivity contribution is 5.92. The Bertz CT molecular complexity index is 1470. The number of carbonyl (C=O) groups is 3. The molecule has 3 aliphatic heterocycles. The minimum Gasteiger partial charge on any atom is -0.458 e. The fourth-order valence-corrected chi connectivity index (χ4v) is 10.3. The molecule has 2 saturated carbocycles. The second-order valence-electron chi connectivity index (χ2n) is 15.0. The third-order valence-electron chi connectivity index (χ3n) is 13.0. The highest BCUT2D eigenvalue weighted by Crippen LogP contribution is 2.72. The van der Waals surface area contributed by atoms with Crippen LogP contribution in [0.3, 0.4) is 0 Å². The summed E-state index contributed by atoms with van der Waals surface area (Å²) in [6, 6.07) is 0. The van der Waals surface area contributed by atoms with Crippen molar-refractivity contribution in [1.82, 2.24) is 0 Å². The van der Waals surface area contributed by atoms with Crippen molar-refractivity contribution in [2.45, 2.75) is 111 Å². The van der Waals surface area contributed by atoms with Gasteiger partial charge in [-0.3, -0.25) is 0 Å². The zero-order valence-electron chi connectivity index (χ0n) is 29.1. The van der Waals surface area contributed by atoms with E-state index in [2.05, 4.69) is 20.8 Å². The Labute approximate surface area is 277 Å². The van der Waals surface area contributed by atoms with Crippen LogP contribution in [0.4, 0.5) is 0 Å². The average Bonchev–Trinajstić information content (AvgIpc) is 3.70. The lowest BCUT2D eigenvalue weighted by atomic mass is 9.39. The van der Waals surface area contributed by atoms with Crippen LogP contribution in [0.25, 0.3) is 0 Å². The summed E-state index contributed by atoms with van der Waals surface area (Å²) in [6.07, 6.45) is 2.53. The van der Waals surface area contributed by atoms with Crippen LogP contribution in [-0.2, 0) is 42.8 Å². The minimum atomic E-state index is -0.883. The molecule has 0 aromatic carbocycles. The quantitative estimate of drug-likeness (QED) is 0.186. The molecule has 47 heavy (non-hydrogen) atoms. The van der Waals surface area contributed by atoms with Gasteiger partial charge in [0.15, 0.2) is 6.29 Å². The fraction of sp³-hybridized carbons (Fsp3) is 0.703. The Morgan fingerprint density at radius 3 is 2.28 bits per heavy atom. The van der Waals surface area contributed by atoms with E-state index < -0.39 is 65.0 Å². The highest BCUT2D eigenvalue weighted by atomic mass is 16.7. The molecular weight excluding hydrogens is 604 g/mol. The molecule has 3 aliphatic carbocycles. The van der Waals surface area contributed by atoms with Crippen LogP contribution >= 0.6 is 0 Å². The Kier molecular flexibility index (Phi) is 8.68. The minimum absolute atomic E-state index is 0.234. The van der Waals surface area contributed by atoms with Gasteiger partial charge < -0.3 is 33.5 Å². The van der Waals surface area contributed by atoms with Crippen molar-refractivity contribution in [2.24, 2.45) is 34.0 Å². The maximum atomic E-state index is 13.7. The third kappa shape index (κ3) is 4.83. The summed E-state index contributed by atoms with van der Waals surface area (Å²) in [5.74, 6) is -2.08. The normalized spacial score (nSPS) is 44.6. The molecule has 6 rings (SSSR count). The first-order chi connectivity index (χ1) is 22.2. The Morgan fingerprint density at radius 1 is 1.02 bits per heavy atom. The first-order valence-corrected chi connectivity index (χ1v) is 16.9. The summed E-state index contributed by atoms with van der Waals surface area (Å²) < 4.78 is 37.5. The van der Waals surface area contributed by atoms with Gasteiger partial charge in [0.05, 0.1) is 24.9 Å². The van der Waals surface area contributed by atoms with Crippen molar-refractivity contribution in [1.29, 1.82) is 0 Å². The van der Waals surface area contributed by atoms with Crippen LogP contribution in [-0.4, -0.2) is 80.1 Å². The first kappa shape index (κ1) is 34.1. The first-order valence-electron chi connectivity index (χ1n) is 16.9. The number of esters is 3. The van der Waals surface area contributed by atoms with E-state index in [0.29, 0.717) is 29.6 Å². The number of aliphatic hydroxyl groups excluding tert-OH is 1. The Hall–Kier alpha value is -2.79. The molecule has 0 unspecified atom stereocenters. The lowest BCUT2D eigenvalue weighted by molar-refractivity contribution is -0.258. The molecule has 1 N–H and O–H groups in total. The van der Waals surface area contributed by atoms with Crippen LogP contribution in [0.15, 0.2) is 46.1 Å².